The smallest absolute Gasteiger partial charge is 0.0723 e. The molecule has 0 aliphatic carbocycles. The van der Waals surface area contributed by atoms with Crippen molar-refractivity contribution in [2.45, 2.75) is 33.2 Å². The normalized spacial score (nSPS) is 24.6. The van der Waals surface area contributed by atoms with Gasteiger partial charge in [-0.15, -0.1) is 0 Å². The van der Waals surface area contributed by atoms with Crippen molar-refractivity contribution in [2.75, 3.05) is 0 Å². The summed E-state index contributed by atoms with van der Waals surface area (Å²) in [5, 5.41) is 0. The average Bonchev–Trinajstić information content (AvgIpc) is 2.30. The molecule has 0 saturated carbocycles. The fourth-order valence-electron chi connectivity index (χ4n) is 1.18. The van der Waals surface area contributed by atoms with Crippen LogP contribution in [0.15, 0.2) is 4.40 Å². The highest BCUT2D eigenvalue weighted by atomic mass is 32.1. The fourth-order valence-corrected chi connectivity index (χ4v) is 2.20. The molecule has 0 amide bonds. The number of hydrogen-bond acceptors (Lipinski definition) is 2. The van der Waals surface area contributed by atoms with Crippen molar-refractivity contribution in [1.29, 1.82) is 0 Å². The average molecular weight is 172 g/mol. The second kappa shape index (κ2) is 3.50. The molecule has 11 heavy (non-hydrogen) atoms. The molecule has 0 aromatic carbocycles. The maximum Gasteiger partial charge on any atom is 0.0723 e. The van der Waals surface area contributed by atoms with Gasteiger partial charge in [0.05, 0.1) is 6.04 Å². The zero-order valence-corrected chi connectivity index (χ0v) is 8.23. The predicted octanol–water partition coefficient (Wildman–Crippen LogP) is 1.39. The van der Waals surface area contributed by atoms with E-state index in [1.54, 1.807) is 0 Å². The zero-order valence-electron chi connectivity index (χ0n) is 7.33. The van der Waals surface area contributed by atoms with E-state index in [0.717, 1.165) is 23.7 Å². The maximum absolute atomic E-state index is 5.96. The van der Waals surface area contributed by atoms with E-state index in [9.17, 15) is 0 Å². The summed E-state index contributed by atoms with van der Waals surface area (Å²) in [6.45, 7) is 6.46. The molecule has 1 atom stereocenters. The predicted molar refractivity (Wildman–Crippen MR) is 54.5 cm³/mol. The third kappa shape index (κ3) is 1.71. The van der Waals surface area contributed by atoms with Gasteiger partial charge >= 0.3 is 0 Å². The lowest BCUT2D eigenvalue weighted by atomic mass is 9.99. The van der Waals surface area contributed by atoms with Crippen LogP contribution in [0.4, 0.5) is 0 Å². The van der Waals surface area contributed by atoms with Crippen molar-refractivity contribution >= 4 is 22.1 Å². The van der Waals surface area contributed by atoms with E-state index < -0.39 is 0 Å². The first-order valence-corrected chi connectivity index (χ1v) is 4.91. The molecule has 3 heteroatoms. The first-order valence-electron chi connectivity index (χ1n) is 4.06. The monoisotopic (exact) mass is 172 g/mol. The lowest BCUT2D eigenvalue weighted by Gasteiger charge is -2.13. The number of nitrogens with zero attached hydrogens (tertiary/aromatic N) is 1. The van der Waals surface area contributed by atoms with Gasteiger partial charge in [0.15, 0.2) is 0 Å². The van der Waals surface area contributed by atoms with Crippen LogP contribution < -0.4 is 5.73 Å². The SMILES string of the molecule is CCC1=N[SH]=C(C(C)C)C1N. The Balaban J connectivity index is 2.68. The molecule has 2 nitrogen and oxygen atoms in total. The summed E-state index contributed by atoms with van der Waals surface area (Å²) in [5.74, 6) is 0.569. The van der Waals surface area contributed by atoms with Crippen LogP contribution in [0.25, 0.3) is 0 Å². The van der Waals surface area contributed by atoms with Gasteiger partial charge in [0.2, 0.25) is 0 Å². The minimum Gasteiger partial charge on any atom is -0.319 e. The third-order valence-electron chi connectivity index (χ3n) is 1.93. The van der Waals surface area contributed by atoms with Gasteiger partial charge in [-0.3, -0.25) is 0 Å². The molecule has 1 aliphatic rings. The second-order valence-electron chi connectivity index (χ2n) is 3.10. The van der Waals surface area contributed by atoms with Crippen molar-refractivity contribution in [3.05, 3.63) is 0 Å². The van der Waals surface area contributed by atoms with Crippen LogP contribution in [-0.4, -0.2) is 16.6 Å². The van der Waals surface area contributed by atoms with Crippen LogP contribution in [-0.2, 0) is 0 Å². The Morgan fingerprint density at radius 3 is 2.55 bits per heavy atom. The van der Waals surface area contributed by atoms with E-state index in [-0.39, 0.29) is 6.04 Å². The molecule has 0 aromatic heterocycles. The molecule has 1 rings (SSSR count). The molecule has 0 fully saturated rings. The van der Waals surface area contributed by atoms with Crippen molar-refractivity contribution < 1.29 is 0 Å². The molecular weight excluding hydrogens is 156 g/mol. The molecule has 64 valence electrons. The molecule has 2 N–H and O–H groups in total. The van der Waals surface area contributed by atoms with Crippen molar-refractivity contribution in [3.63, 3.8) is 0 Å². The Hall–Kier alpha value is -0.150. The highest BCUT2D eigenvalue weighted by molar-refractivity contribution is 7.98. The third-order valence-corrected chi connectivity index (χ3v) is 3.31. The van der Waals surface area contributed by atoms with Gasteiger partial charge < -0.3 is 5.73 Å². The Kier molecular flexibility index (Phi) is 2.84. The summed E-state index contributed by atoms with van der Waals surface area (Å²) in [5.41, 5.74) is 7.12. The molecule has 0 spiro atoms. The van der Waals surface area contributed by atoms with Gasteiger partial charge in [-0.25, -0.2) is 4.40 Å². The summed E-state index contributed by atoms with van der Waals surface area (Å²) in [6.07, 6.45) is 0.990. The Labute approximate surface area is 72.0 Å². The summed E-state index contributed by atoms with van der Waals surface area (Å²) < 4.78 is 4.36. The lowest BCUT2D eigenvalue weighted by molar-refractivity contribution is 0.864. The van der Waals surface area contributed by atoms with E-state index in [0.29, 0.717) is 5.92 Å². The standard InChI is InChI=1S/C8H16N2S/c1-4-6-7(9)8(5(2)3)11-10-6/h5,7,11H,4,9H2,1-3H3. The van der Waals surface area contributed by atoms with Crippen LogP contribution in [0.5, 0.6) is 0 Å². The molecular formula is C8H16N2S. The van der Waals surface area contributed by atoms with E-state index in [1.165, 1.54) is 4.86 Å². The lowest BCUT2D eigenvalue weighted by Crippen LogP contribution is -2.37. The van der Waals surface area contributed by atoms with Crippen LogP contribution in [0.3, 0.4) is 0 Å². The molecule has 0 radical (unpaired) electrons. The summed E-state index contributed by atoms with van der Waals surface area (Å²) in [7, 11) is 0. The van der Waals surface area contributed by atoms with E-state index in [4.69, 9.17) is 5.73 Å². The van der Waals surface area contributed by atoms with E-state index in [2.05, 4.69) is 25.2 Å². The number of hydrogen-bond donors (Lipinski definition) is 2. The number of nitrogens with two attached hydrogens (primary N) is 1. The molecule has 1 heterocycles. The Bertz CT molecular complexity index is 206. The minimum atomic E-state index is 0.140. The summed E-state index contributed by atoms with van der Waals surface area (Å²) >= 11 is 1.10. The minimum absolute atomic E-state index is 0.140. The van der Waals surface area contributed by atoms with Gasteiger partial charge in [-0.2, -0.15) is 0 Å². The molecule has 1 aliphatic heterocycles. The number of thiol groups is 1. The van der Waals surface area contributed by atoms with Crippen LogP contribution in [0, 0.1) is 5.92 Å². The molecule has 1 unspecified atom stereocenters. The second-order valence-corrected chi connectivity index (χ2v) is 4.02. The maximum atomic E-state index is 5.96. The fraction of sp³-hybridized carbons (Fsp3) is 0.750. The van der Waals surface area contributed by atoms with Gasteiger partial charge in [0.25, 0.3) is 0 Å². The van der Waals surface area contributed by atoms with Crippen molar-refractivity contribution in [2.24, 2.45) is 16.0 Å². The van der Waals surface area contributed by atoms with E-state index in [1.807, 2.05) is 0 Å². The summed E-state index contributed by atoms with van der Waals surface area (Å²) in [4.78, 5) is 1.36. The molecule has 0 bridgehead atoms. The number of rotatable bonds is 2. The largest absolute Gasteiger partial charge is 0.319 e. The molecule has 0 aromatic rings. The van der Waals surface area contributed by atoms with Crippen LogP contribution >= 0.6 is 11.5 Å². The van der Waals surface area contributed by atoms with Crippen LogP contribution in [0.1, 0.15) is 27.2 Å². The van der Waals surface area contributed by atoms with Crippen LogP contribution in [0.2, 0.25) is 0 Å². The quantitative estimate of drug-likeness (QED) is 0.479. The Morgan fingerprint density at radius 1 is 1.64 bits per heavy atom. The highest BCUT2D eigenvalue weighted by Crippen LogP contribution is 2.17. The van der Waals surface area contributed by atoms with Gasteiger partial charge in [0, 0.05) is 5.71 Å². The summed E-state index contributed by atoms with van der Waals surface area (Å²) in [6, 6.07) is 0.140. The van der Waals surface area contributed by atoms with Gasteiger partial charge in [-0.1, -0.05) is 32.3 Å². The van der Waals surface area contributed by atoms with Crippen molar-refractivity contribution in [1.82, 2.24) is 0 Å². The first-order chi connectivity index (χ1) is 5.16. The first kappa shape index (κ1) is 8.94. The zero-order chi connectivity index (χ0) is 8.43. The van der Waals surface area contributed by atoms with E-state index >= 15 is 0 Å². The van der Waals surface area contributed by atoms with Gasteiger partial charge in [-0.05, 0) is 17.2 Å². The van der Waals surface area contributed by atoms with Gasteiger partial charge in [0.1, 0.15) is 0 Å². The van der Waals surface area contributed by atoms with Crippen molar-refractivity contribution in [3.8, 4) is 0 Å². The Morgan fingerprint density at radius 2 is 2.27 bits per heavy atom. The molecule has 0 saturated heterocycles. The topological polar surface area (TPSA) is 38.4 Å². The highest BCUT2D eigenvalue weighted by Gasteiger charge is 2.21.